The van der Waals surface area contributed by atoms with Gasteiger partial charge in [0, 0.05) is 18.2 Å². The number of amides is 1. The molecule has 1 rings (SSSR count). The number of carbonyl (C=O) groups excluding carboxylic acids is 1. The Morgan fingerprint density at radius 2 is 2.20 bits per heavy atom. The van der Waals surface area contributed by atoms with Crippen molar-refractivity contribution in [2.45, 2.75) is 13.0 Å². The fourth-order valence-corrected chi connectivity index (χ4v) is 1.80. The minimum absolute atomic E-state index is 0.0164. The van der Waals surface area contributed by atoms with Gasteiger partial charge in [-0.15, -0.1) is 0 Å². The molecule has 0 spiro atoms. The fraction of sp³-hybridized carbons (Fsp3) is 0.400. The molecule has 0 fully saturated rings. The number of nitrogens with one attached hydrogen (secondary N) is 1. The molecule has 0 saturated carbocycles. The number of carbonyl (C=O) groups is 1. The van der Waals surface area contributed by atoms with Crippen LogP contribution in [0.4, 0.5) is 4.39 Å². The van der Waals surface area contributed by atoms with Gasteiger partial charge in [0.1, 0.15) is 5.82 Å². The van der Waals surface area contributed by atoms with Crippen LogP contribution in [-0.2, 0) is 0 Å². The van der Waals surface area contributed by atoms with E-state index in [-0.39, 0.29) is 29.6 Å². The van der Waals surface area contributed by atoms with Gasteiger partial charge >= 0.3 is 0 Å². The van der Waals surface area contributed by atoms with Gasteiger partial charge in [-0.3, -0.25) is 4.79 Å². The third-order valence-corrected chi connectivity index (χ3v) is 2.57. The average Bonchev–Trinajstić information content (AvgIpc) is 2.36. The number of hydrogen-bond donors (Lipinski definition) is 2. The molecule has 1 aromatic rings. The van der Waals surface area contributed by atoms with Crippen LogP contribution in [-0.4, -0.2) is 44.0 Å². The van der Waals surface area contributed by atoms with E-state index in [4.69, 9.17) is 5.73 Å². The summed E-state index contributed by atoms with van der Waals surface area (Å²) in [5.74, 6) is 4.39. The quantitative estimate of drug-likeness (QED) is 0.801. The highest BCUT2D eigenvalue weighted by molar-refractivity contribution is 5.94. The van der Waals surface area contributed by atoms with E-state index in [1.54, 1.807) is 6.07 Å². The van der Waals surface area contributed by atoms with Crippen LogP contribution in [0.3, 0.4) is 0 Å². The lowest BCUT2D eigenvalue weighted by molar-refractivity contribution is 0.0934. The molecular weight excluding hydrogens is 257 g/mol. The molecule has 20 heavy (non-hydrogen) atoms. The number of benzene rings is 1. The Bertz CT molecular complexity index is 532. The van der Waals surface area contributed by atoms with Crippen molar-refractivity contribution in [2.24, 2.45) is 5.73 Å². The number of hydrogen-bond acceptors (Lipinski definition) is 3. The Balaban J connectivity index is 2.77. The molecule has 0 bridgehead atoms. The highest BCUT2D eigenvalue weighted by Gasteiger charge is 2.12. The molecule has 1 aromatic carbocycles. The monoisotopic (exact) mass is 277 g/mol. The molecule has 0 saturated heterocycles. The van der Waals surface area contributed by atoms with Crippen LogP contribution >= 0.6 is 0 Å². The highest BCUT2D eigenvalue weighted by atomic mass is 19.1. The normalized spacial score (nSPS) is 11.7. The molecule has 1 unspecified atom stereocenters. The van der Waals surface area contributed by atoms with E-state index < -0.39 is 5.82 Å². The Labute approximate surface area is 119 Å². The Kier molecular flexibility index (Phi) is 6.16. The van der Waals surface area contributed by atoms with Gasteiger partial charge in [0.05, 0.1) is 12.1 Å². The summed E-state index contributed by atoms with van der Waals surface area (Å²) in [4.78, 5) is 13.9. The molecule has 5 heteroatoms. The third kappa shape index (κ3) is 5.00. The first kappa shape index (κ1) is 16.2. The largest absolute Gasteiger partial charge is 0.348 e. The zero-order valence-electron chi connectivity index (χ0n) is 12.0. The lowest BCUT2D eigenvalue weighted by atomic mass is 10.1. The molecule has 0 aliphatic rings. The number of likely N-dealkylation sites (N-methyl/N-ethyl adjacent to an activating group) is 1. The second-order valence-corrected chi connectivity index (χ2v) is 4.84. The van der Waals surface area contributed by atoms with Gasteiger partial charge < -0.3 is 16.0 Å². The van der Waals surface area contributed by atoms with Gasteiger partial charge in [-0.25, -0.2) is 4.39 Å². The van der Waals surface area contributed by atoms with Crippen molar-refractivity contribution in [1.29, 1.82) is 0 Å². The second-order valence-electron chi connectivity index (χ2n) is 4.84. The number of rotatable bonds is 4. The van der Waals surface area contributed by atoms with Crippen LogP contribution < -0.4 is 11.1 Å². The summed E-state index contributed by atoms with van der Waals surface area (Å²) >= 11 is 0. The minimum atomic E-state index is -0.515. The van der Waals surface area contributed by atoms with Gasteiger partial charge in [-0.1, -0.05) is 11.8 Å². The highest BCUT2D eigenvalue weighted by Crippen LogP contribution is 2.09. The molecule has 0 heterocycles. The van der Waals surface area contributed by atoms with Crippen LogP contribution in [0.2, 0.25) is 0 Å². The van der Waals surface area contributed by atoms with E-state index in [2.05, 4.69) is 17.2 Å². The maximum atomic E-state index is 13.7. The molecule has 0 aliphatic heterocycles. The van der Waals surface area contributed by atoms with Crippen molar-refractivity contribution in [3.63, 3.8) is 0 Å². The van der Waals surface area contributed by atoms with Gasteiger partial charge in [-0.05, 0) is 39.2 Å². The fourth-order valence-electron chi connectivity index (χ4n) is 1.80. The predicted molar refractivity (Wildman–Crippen MR) is 77.8 cm³/mol. The van der Waals surface area contributed by atoms with Gasteiger partial charge in [0.25, 0.3) is 5.91 Å². The van der Waals surface area contributed by atoms with E-state index in [0.717, 1.165) is 0 Å². The molecule has 1 amide bonds. The summed E-state index contributed by atoms with van der Waals surface area (Å²) < 4.78 is 13.7. The first-order chi connectivity index (χ1) is 9.43. The summed E-state index contributed by atoms with van der Waals surface area (Å²) in [5, 5.41) is 2.81. The molecule has 108 valence electrons. The first-order valence-corrected chi connectivity index (χ1v) is 6.38. The zero-order chi connectivity index (χ0) is 15.1. The SMILES string of the molecule is CC(CN(C)C)NC(=O)c1ccc(C#CCN)c(F)c1. The molecule has 3 N–H and O–H groups in total. The summed E-state index contributed by atoms with van der Waals surface area (Å²) in [6, 6.07) is 4.22. The number of nitrogens with two attached hydrogens (primary N) is 1. The van der Waals surface area contributed by atoms with Crippen molar-refractivity contribution in [1.82, 2.24) is 10.2 Å². The second kappa shape index (κ2) is 7.63. The summed E-state index contributed by atoms with van der Waals surface area (Å²) in [6.45, 7) is 2.79. The predicted octanol–water partition coefficient (Wildman–Crippen LogP) is 0.816. The molecule has 0 radical (unpaired) electrons. The molecule has 0 aromatic heterocycles. The maximum Gasteiger partial charge on any atom is 0.251 e. The first-order valence-electron chi connectivity index (χ1n) is 6.38. The minimum Gasteiger partial charge on any atom is -0.348 e. The Morgan fingerprint density at radius 1 is 1.50 bits per heavy atom. The van der Waals surface area contributed by atoms with Crippen LogP contribution in [0.25, 0.3) is 0 Å². The Hall–Kier alpha value is -1.90. The lowest BCUT2D eigenvalue weighted by Gasteiger charge is -2.18. The Morgan fingerprint density at radius 3 is 2.75 bits per heavy atom. The van der Waals surface area contributed by atoms with E-state index in [1.165, 1.54) is 12.1 Å². The van der Waals surface area contributed by atoms with Gasteiger partial charge in [-0.2, -0.15) is 0 Å². The lowest BCUT2D eigenvalue weighted by Crippen LogP contribution is -2.39. The topological polar surface area (TPSA) is 58.4 Å². The number of halogens is 1. The van der Waals surface area contributed by atoms with Crippen molar-refractivity contribution < 1.29 is 9.18 Å². The van der Waals surface area contributed by atoms with Crippen LogP contribution in [0.5, 0.6) is 0 Å². The van der Waals surface area contributed by atoms with E-state index in [0.29, 0.717) is 6.54 Å². The number of nitrogens with zero attached hydrogens (tertiary/aromatic N) is 1. The van der Waals surface area contributed by atoms with E-state index in [1.807, 2.05) is 25.9 Å². The standard InChI is InChI=1S/C15H20FN3O/c1-11(10-19(2)3)18-15(20)13-7-6-12(5-4-8-17)14(16)9-13/h6-7,9,11H,8,10,17H2,1-3H3,(H,18,20). The van der Waals surface area contributed by atoms with E-state index in [9.17, 15) is 9.18 Å². The average molecular weight is 277 g/mol. The van der Waals surface area contributed by atoms with Gasteiger partial charge in [0.2, 0.25) is 0 Å². The van der Waals surface area contributed by atoms with Crippen molar-refractivity contribution in [3.05, 3.63) is 35.1 Å². The van der Waals surface area contributed by atoms with Crippen LogP contribution in [0, 0.1) is 17.7 Å². The smallest absolute Gasteiger partial charge is 0.251 e. The van der Waals surface area contributed by atoms with Crippen molar-refractivity contribution in [3.8, 4) is 11.8 Å². The molecule has 0 aliphatic carbocycles. The van der Waals surface area contributed by atoms with Crippen LogP contribution in [0.15, 0.2) is 18.2 Å². The summed E-state index contributed by atoms with van der Waals surface area (Å²) in [5.41, 5.74) is 5.76. The maximum absolute atomic E-state index is 13.7. The molecular formula is C15H20FN3O. The molecule has 4 nitrogen and oxygen atoms in total. The molecule has 1 atom stereocenters. The van der Waals surface area contributed by atoms with Gasteiger partial charge in [0.15, 0.2) is 0 Å². The zero-order valence-corrected chi connectivity index (χ0v) is 12.0. The summed E-state index contributed by atoms with van der Waals surface area (Å²) in [6.07, 6.45) is 0. The van der Waals surface area contributed by atoms with Crippen LogP contribution in [0.1, 0.15) is 22.8 Å². The third-order valence-electron chi connectivity index (χ3n) is 2.57. The van der Waals surface area contributed by atoms with E-state index >= 15 is 0 Å². The van der Waals surface area contributed by atoms with Crippen molar-refractivity contribution >= 4 is 5.91 Å². The van der Waals surface area contributed by atoms with Crippen molar-refractivity contribution in [2.75, 3.05) is 27.2 Å². The summed E-state index contributed by atoms with van der Waals surface area (Å²) in [7, 11) is 3.85.